The average molecular weight is 280 g/mol. The van der Waals surface area contributed by atoms with Crippen LogP contribution in [0.4, 0.5) is 0 Å². The zero-order valence-corrected chi connectivity index (χ0v) is 12.6. The van der Waals surface area contributed by atoms with Crippen LogP contribution in [-0.2, 0) is 0 Å². The van der Waals surface area contributed by atoms with E-state index in [9.17, 15) is 0 Å². The van der Waals surface area contributed by atoms with E-state index in [0.29, 0.717) is 0 Å². The molecular weight excluding hydrogens is 254 g/mol. The van der Waals surface area contributed by atoms with Crippen molar-refractivity contribution in [2.75, 3.05) is 20.3 Å². The van der Waals surface area contributed by atoms with E-state index >= 15 is 0 Å². The molecule has 0 aromatic rings. The lowest BCUT2D eigenvalue weighted by Gasteiger charge is -2.26. The van der Waals surface area contributed by atoms with E-state index in [-0.39, 0.29) is 0 Å². The molecule has 0 radical (unpaired) electrons. The normalized spacial score (nSPS) is 20.3. The fourth-order valence-electron chi connectivity index (χ4n) is 2.59. The van der Waals surface area contributed by atoms with Crippen LogP contribution in [0.25, 0.3) is 0 Å². The Morgan fingerprint density at radius 3 is 2.85 bits per heavy atom. The van der Waals surface area contributed by atoms with Crippen molar-refractivity contribution in [1.29, 1.82) is 0 Å². The van der Waals surface area contributed by atoms with Gasteiger partial charge in [0.2, 0.25) is 0 Å². The molecule has 0 amide bonds. The van der Waals surface area contributed by atoms with Crippen molar-refractivity contribution in [1.82, 2.24) is 20.4 Å². The minimum absolute atomic E-state index is 0.532. The van der Waals surface area contributed by atoms with Gasteiger partial charge in [0.05, 0.1) is 5.70 Å². The molecule has 0 spiro atoms. The molecule has 0 aromatic carbocycles. The number of hydrogen-bond donors (Lipinski definition) is 2. The number of nitrogens with zero attached hydrogens (tertiary/aromatic N) is 3. The first-order valence-corrected chi connectivity index (χ1v) is 7.28. The first-order valence-electron chi connectivity index (χ1n) is 7.28. The maximum atomic E-state index is 8.35. The fraction of sp³-hybridized carbons (Fsp3) is 0.643. The van der Waals surface area contributed by atoms with Crippen LogP contribution < -0.4 is 10.6 Å². The Morgan fingerprint density at radius 1 is 1.45 bits per heavy atom. The predicted molar refractivity (Wildman–Crippen MR) is 81.8 cm³/mol. The summed E-state index contributed by atoms with van der Waals surface area (Å²) >= 11 is 0. The molecule has 112 valence electrons. The van der Waals surface area contributed by atoms with Gasteiger partial charge in [0, 0.05) is 19.8 Å². The maximum Gasteiger partial charge on any atom is 0.320 e. The molecule has 2 heterocycles. The maximum absolute atomic E-state index is 8.35. The second-order valence-electron chi connectivity index (χ2n) is 5.08. The molecule has 20 heavy (non-hydrogen) atoms. The topological polar surface area (TPSA) is 65.8 Å². The molecule has 0 saturated heterocycles. The smallest absolute Gasteiger partial charge is 0.320 e. The van der Waals surface area contributed by atoms with Crippen molar-refractivity contribution in [2.45, 2.75) is 39.5 Å². The minimum atomic E-state index is -0.532. The molecule has 0 aliphatic carbocycles. The zero-order chi connectivity index (χ0) is 14.5. The minimum Gasteiger partial charge on any atom is -0.409 e. The Morgan fingerprint density at radius 2 is 2.25 bits per heavy atom. The van der Waals surface area contributed by atoms with Crippen LogP contribution in [0.1, 0.15) is 33.1 Å². The number of rotatable bonds is 6. The summed E-state index contributed by atoms with van der Waals surface area (Å²) in [5, 5.41) is 14.7. The number of allylic oxidation sites excluding steroid dienone is 2. The van der Waals surface area contributed by atoms with Gasteiger partial charge in [0.25, 0.3) is 0 Å². The standard InChI is InChI=1S/C14H25N5O/c1-4-9-18-10-19(13(15-3)11(18)2)14(20)17-12-7-5-6-8-16-12/h7-8,14-15,17,20H,4-6,9-10H2,1-3H3/p+1. The lowest BCUT2D eigenvalue weighted by atomic mass is 10.3. The van der Waals surface area contributed by atoms with E-state index in [1.807, 2.05) is 18.2 Å². The molecule has 2 aliphatic rings. The van der Waals surface area contributed by atoms with Gasteiger partial charge >= 0.3 is 6.35 Å². The summed E-state index contributed by atoms with van der Waals surface area (Å²) in [5.41, 5.74) is 1.20. The van der Waals surface area contributed by atoms with E-state index in [4.69, 9.17) is 5.11 Å². The Labute approximate surface area is 120 Å². The van der Waals surface area contributed by atoms with Gasteiger partial charge in [-0.15, -0.1) is 0 Å². The molecule has 0 fully saturated rings. The van der Waals surface area contributed by atoms with Crippen molar-refractivity contribution >= 4 is 6.21 Å². The van der Waals surface area contributed by atoms with Crippen LogP contribution in [0.3, 0.4) is 0 Å². The van der Waals surface area contributed by atoms with Gasteiger partial charge in [-0.2, -0.15) is 0 Å². The van der Waals surface area contributed by atoms with Gasteiger partial charge < -0.3 is 15.3 Å². The quantitative estimate of drug-likeness (QED) is 0.555. The zero-order valence-electron chi connectivity index (χ0n) is 12.6. The third-order valence-corrected chi connectivity index (χ3v) is 3.62. The van der Waals surface area contributed by atoms with Crippen LogP contribution in [0.2, 0.25) is 0 Å². The summed E-state index contributed by atoms with van der Waals surface area (Å²) in [6.07, 6.45) is 6.51. The third kappa shape index (κ3) is 3.07. The van der Waals surface area contributed by atoms with E-state index in [2.05, 4.69) is 40.4 Å². The first-order chi connectivity index (χ1) is 9.67. The molecule has 2 aliphatic heterocycles. The SMILES string of the molecule is CCCN1CN(C([OH2+])NC2=CCCC=N2)C(NC)=C1C. The third-order valence-electron chi connectivity index (χ3n) is 3.62. The summed E-state index contributed by atoms with van der Waals surface area (Å²) in [6, 6.07) is 0. The van der Waals surface area contributed by atoms with Gasteiger partial charge in [-0.3, -0.25) is 10.2 Å². The summed E-state index contributed by atoms with van der Waals surface area (Å²) in [7, 11) is 1.91. The second kappa shape index (κ2) is 6.65. The average Bonchev–Trinajstić information content (AvgIpc) is 2.77. The monoisotopic (exact) mass is 280 g/mol. The van der Waals surface area contributed by atoms with E-state index < -0.39 is 6.35 Å². The predicted octanol–water partition coefficient (Wildman–Crippen LogP) is 0.684. The fourth-order valence-corrected chi connectivity index (χ4v) is 2.59. The Bertz CT molecular complexity index is 429. The molecule has 6 heteroatoms. The highest BCUT2D eigenvalue weighted by Crippen LogP contribution is 2.23. The van der Waals surface area contributed by atoms with Crippen molar-refractivity contribution < 1.29 is 5.11 Å². The molecule has 0 saturated carbocycles. The van der Waals surface area contributed by atoms with Gasteiger partial charge in [-0.25, -0.2) is 4.99 Å². The highest BCUT2D eigenvalue weighted by molar-refractivity contribution is 5.60. The summed E-state index contributed by atoms with van der Waals surface area (Å²) in [4.78, 5) is 8.62. The van der Waals surface area contributed by atoms with Crippen molar-refractivity contribution in [3.63, 3.8) is 0 Å². The van der Waals surface area contributed by atoms with E-state index in [1.54, 1.807) is 0 Å². The molecule has 1 atom stereocenters. The number of nitrogens with one attached hydrogen (secondary N) is 2. The second-order valence-corrected chi connectivity index (χ2v) is 5.08. The largest absolute Gasteiger partial charge is 0.409 e. The molecule has 2 rings (SSSR count). The molecular formula is C14H26N5O+. The first kappa shape index (κ1) is 14.7. The van der Waals surface area contributed by atoms with E-state index in [0.717, 1.165) is 44.1 Å². The van der Waals surface area contributed by atoms with Gasteiger partial charge in [-0.05, 0) is 32.3 Å². The molecule has 6 nitrogen and oxygen atoms in total. The van der Waals surface area contributed by atoms with Crippen molar-refractivity contribution in [3.05, 3.63) is 23.4 Å². The van der Waals surface area contributed by atoms with Gasteiger partial charge in [0.15, 0.2) is 0 Å². The van der Waals surface area contributed by atoms with E-state index in [1.165, 1.54) is 5.70 Å². The Balaban J connectivity index is 2.04. The highest BCUT2D eigenvalue weighted by Gasteiger charge is 2.32. The van der Waals surface area contributed by atoms with Crippen LogP contribution in [-0.4, -0.2) is 47.7 Å². The molecule has 0 bridgehead atoms. The van der Waals surface area contributed by atoms with Crippen molar-refractivity contribution in [2.24, 2.45) is 4.99 Å². The molecule has 4 N–H and O–H groups in total. The number of aliphatic imine (C=N–C) groups is 1. The lowest BCUT2D eigenvalue weighted by Crippen LogP contribution is -2.47. The highest BCUT2D eigenvalue weighted by atomic mass is 16.3. The van der Waals surface area contributed by atoms with Crippen LogP contribution in [0.15, 0.2) is 28.4 Å². The van der Waals surface area contributed by atoms with Crippen LogP contribution in [0, 0.1) is 0 Å². The Hall–Kier alpha value is -1.69. The van der Waals surface area contributed by atoms with Gasteiger partial charge in [-0.1, -0.05) is 6.92 Å². The number of hydrogen-bond acceptors (Lipinski definition) is 5. The summed E-state index contributed by atoms with van der Waals surface area (Å²) in [5.74, 6) is 1.82. The lowest BCUT2D eigenvalue weighted by molar-refractivity contribution is -0.00456. The molecule has 0 aromatic heterocycles. The van der Waals surface area contributed by atoms with Crippen LogP contribution in [0.5, 0.6) is 0 Å². The van der Waals surface area contributed by atoms with Crippen molar-refractivity contribution in [3.8, 4) is 0 Å². The Kier molecular flexibility index (Phi) is 4.89. The van der Waals surface area contributed by atoms with Crippen LogP contribution >= 0.6 is 0 Å². The summed E-state index contributed by atoms with van der Waals surface area (Å²) in [6.45, 7) is 6.04. The molecule has 1 unspecified atom stereocenters. The summed E-state index contributed by atoms with van der Waals surface area (Å²) < 4.78 is 0. The van der Waals surface area contributed by atoms with Gasteiger partial charge in [0.1, 0.15) is 18.3 Å².